The SMILES string of the molecule is CSc1ccccc1Oc1ccc(C(N)=S)cc1Br. The molecule has 0 heterocycles. The highest BCUT2D eigenvalue weighted by Gasteiger charge is 2.08. The van der Waals surface area contributed by atoms with Gasteiger partial charge in [-0.15, -0.1) is 11.8 Å². The van der Waals surface area contributed by atoms with Gasteiger partial charge >= 0.3 is 0 Å². The Hall–Kier alpha value is -1.04. The van der Waals surface area contributed by atoms with Crippen molar-refractivity contribution in [3.63, 3.8) is 0 Å². The van der Waals surface area contributed by atoms with Gasteiger partial charge in [0.25, 0.3) is 0 Å². The van der Waals surface area contributed by atoms with Gasteiger partial charge in [-0.1, -0.05) is 24.4 Å². The van der Waals surface area contributed by atoms with Crippen LogP contribution in [0.15, 0.2) is 51.8 Å². The average Bonchev–Trinajstić information content (AvgIpc) is 2.41. The zero-order chi connectivity index (χ0) is 13.8. The Balaban J connectivity index is 2.31. The van der Waals surface area contributed by atoms with E-state index >= 15 is 0 Å². The highest BCUT2D eigenvalue weighted by atomic mass is 79.9. The maximum absolute atomic E-state index is 5.91. The summed E-state index contributed by atoms with van der Waals surface area (Å²) in [5.74, 6) is 1.57. The smallest absolute Gasteiger partial charge is 0.141 e. The predicted octanol–water partition coefficient (Wildman–Crippen LogP) is 4.60. The molecule has 5 heteroatoms. The Morgan fingerprint density at radius 1 is 1.21 bits per heavy atom. The van der Waals surface area contributed by atoms with Gasteiger partial charge in [0, 0.05) is 10.5 Å². The molecule has 2 aromatic carbocycles. The van der Waals surface area contributed by atoms with Crippen LogP contribution in [0.4, 0.5) is 0 Å². The Kier molecular flexibility index (Phi) is 4.85. The number of hydrogen-bond acceptors (Lipinski definition) is 3. The van der Waals surface area contributed by atoms with Crippen LogP contribution in [0.25, 0.3) is 0 Å². The second-order valence-corrected chi connectivity index (χ2v) is 5.90. The molecule has 0 saturated heterocycles. The molecule has 19 heavy (non-hydrogen) atoms. The fourth-order valence-electron chi connectivity index (χ4n) is 1.56. The molecule has 2 rings (SSSR count). The maximum Gasteiger partial charge on any atom is 0.141 e. The Morgan fingerprint density at radius 2 is 1.95 bits per heavy atom. The van der Waals surface area contributed by atoms with Crippen LogP contribution in [0.1, 0.15) is 5.56 Å². The summed E-state index contributed by atoms with van der Waals surface area (Å²) in [7, 11) is 0. The van der Waals surface area contributed by atoms with Crippen LogP contribution >= 0.6 is 39.9 Å². The number of rotatable bonds is 4. The van der Waals surface area contributed by atoms with E-state index in [4.69, 9.17) is 22.7 Å². The first-order valence-electron chi connectivity index (χ1n) is 5.52. The van der Waals surface area contributed by atoms with Crippen LogP contribution in [0.2, 0.25) is 0 Å². The summed E-state index contributed by atoms with van der Waals surface area (Å²) >= 11 is 10.1. The third kappa shape index (κ3) is 3.49. The van der Waals surface area contributed by atoms with Gasteiger partial charge in [-0.2, -0.15) is 0 Å². The molecule has 2 N–H and O–H groups in total. The first-order chi connectivity index (χ1) is 9.11. The minimum absolute atomic E-state index is 0.372. The van der Waals surface area contributed by atoms with Gasteiger partial charge in [0.1, 0.15) is 16.5 Å². The van der Waals surface area contributed by atoms with Crippen molar-refractivity contribution in [1.82, 2.24) is 0 Å². The van der Waals surface area contributed by atoms with Crippen molar-refractivity contribution in [2.75, 3.05) is 6.26 Å². The predicted molar refractivity (Wildman–Crippen MR) is 88.3 cm³/mol. The number of benzene rings is 2. The van der Waals surface area contributed by atoms with Gasteiger partial charge in [-0.05, 0) is 52.5 Å². The van der Waals surface area contributed by atoms with E-state index in [1.165, 1.54) is 0 Å². The molecule has 0 radical (unpaired) electrons. The fourth-order valence-corrected chi connectivity index (χ4v) is 2.67. The van der Waals surface area contributed by atoms with Gasteiger partial charge in [0.15, 0.2) is 0 Å². The third-order valence-corrected chi connectivity index (χ3v) is 4.14. The molecule has 0 fully saturated rings. The molecule has 0 unspecified atom stereocenters. The molecule has 2 nitrogen and oxygen atoms in total. The molecule has 2 aromatic rings. The highest BCUT2D eigenvalue weighted by molar-refractivity contribution is 9.10. The van der Waals surface area contributed by atoms with Gasteiger partial charge in [-0.25, -0.2) is 0 Å². The van der Waals surface area contributed by atoms with Crippen LogP contribution in [0, 0.1) is 0 Å². The monoisotopic (exact) mass is 353 g/mol. The lowest BCUT2D eigenvalue weighted by Crippen LogP contribution is -2.09. The molecular formula is C14H12BrNOS2. The van der Waals surface area contributed by atoms with Crippen molar-refractivity contribution in [3.8, 4) is 11.5 Å². The van der Waals surface area contributed by atoms with Crippen LogP contribution in [-0.2, 0) is 0 Å². The third-order valence-electron chi connectivity index (χ3n) is 2.51. The lowest BCUT2D eigenvalue weighted by molar-refractivity contribution is 0.468. The van der Waals surface area contributed by atoms with E-state index in [1.807, 2.05) is 48.7 Å². The average molecular weight is 354 g/mol. The number of ether oxygens (including phenoxy) is 1. The molecule has 0 atom stereocenters. The Morgan fingerprint density at radius 3 is 2.58 bits per heavy atom. The van der Waals surface area contributed by atoms with E-state index in [0.29, 0.717) is 4.99 Å². The standard InChI is InChI=1S/C14H12BrNOS2/c1-19-13-5-3-2-4-12(13)17-11-7-6-9(14(16)18)8-10(11)15/h2-8H,1H3,(H2,16,18). The van der Waals surface area contributed by atoms with Crippen molar-refractivity contribution >= 4 is 44.9 Å². The number of hydrogen-bond donors (Lipinski definition) is 1. The lowest BCUT2D eigenvalue weighted by Gasteiger charge is -2.11. The highest BCUT2D eigenvalue weighted by Crippen LogP contribution is 2.35. The van der Waals surface area contributed by atoms with E-state index in [2.05, 4.69) is 15.9 Å². The van der Waals surface area contributed by atoms with Crippen molar-refractivity contribution in [2.45, 2.75) is 4.90 Å². The second kappa shape index (κ2) is 6.41. The quantitative estimate of drug-likeness (QED) is 0.643. The minimum atomic E-state index is 0.372. The molecule has 0 saturated carbocycles. The molecule has 0 amide bonds. The van der Waals surface area contributed by atoms with Crippen LogP contribution in [0.3, 0.4) is 0 Å². The minimum Gasteiger partial charge on any atom is -0.455 e. The summed E-state index contributed by atoms with van der Waals surface area (Å²) in [5, 5.41) is 0. The van der Waals surface area contributed by atoms with E-state index in [9.17, 15) is 0 Å². The normalized spacial score (nSPS) is 10.2. The van der Waals surface area contributed by atoms with Crippen molar-refractivity contribution < 1.29 is 4.74 Å². The fraction of sp³-hybridized carbons (Fsp3) is 0.0714. The summed E-state index contributed by atoms with van der Waals surface area (Å²) in [6, 6.07) is 13.5. The van der Waals surface area contributed by atoms with E-state index < -0.39 is 0 Å². The van der Waals surface area contributed by atoms with Gasteiger partial charge in [0.05, 0.1) is 4.47 Å². The van der Waals surface area contributed by atoms with Crippen molar-refractivity contribution in [3.05, 3.63) is 52.5 Å². The molecule has 0 aliphatic rings. The molecule has 0 bridgehead atoms. The van der Waals surface area contributed by atoms with Crippen molar-refractivity contribution in [1.29, 1.82) is 0 Å². The molecule has 0 aliphatic heterocycles. The van der Waals surface area contributed by atoms with E-state index in [-0.39, 0.29) is 0 Å². The molecule has 98 valence electrons. The summed E-state index contributed by atoms with van der Waals surface area (Å²) < 4.78 is 6.74. The van der Waals surface area contributed by atoms with Gasteiger partial charge < -0.3 is 10.5 Å². The second-order valence-electron chi connectivity index (χ2n) is 3.76. The number of para-hydroxylation sites is 1. The lowest BCUT2D eigenvalue weighted by atomic mass is 10.2. The summed E-state index contributed by atoms with van der Waals surface area (Å²) in [4.78, 5) is 1.46. The number of halogens is 1. The first-order valence-corrected chi connectivity index (χ1v) is 7.94. The van der Waals surface area contributed by atoms with Gasteiger partial charge in [0.2, 0.25) is 0 Å². The summed E-state index contributed by atoms with van der Waals surface area (Å²) in [6.45, 7) is 0. The zero-order valence-corrected chi connectivity index (χ0v) is 13.4. The Labute approximate surface area is 130 Å². The zero-order valence-electron chi connectivity index (χ0n) is 10.2. The molecule has 0 spiro atoms. The van der Waals surface area contributed by atoms with Crippen LogP contribution in [-0.4, -0.2) is 11.2 Å². The molecule has 0 aliphatic carbocycles. The first kappa shape index (κ1) is 14.4. The topological polar surface area (TPSA) is 35.2 Å². The van der Waals surface area contributed by atoms with Crippen LogP contribution in [0.5, 0.6) is 11.5 Å². The van der Waals surface area contributed by atoms with E-state index in [1.54, 1.807) is 11.8 Å². The number of nitrogens with two attached hydrogens (primary N) is 1. The van der Waals surface area contributed by atoms with Gasteiger partial charge in [-0.3, -0.25) is 0 Å². The summed E-state index contributed by atoms with van der Waals surface area (Å²) in [5.41, 5.74) is 6.41. The number of thioether (sulfide) groups is 1. The maximum atomic E-state index is 5.91. The Bertz CT molecular complexity index is 616. The van der Waals surface area contributed by atoms with Crippen molar-refractivity contribution in [2.24, 2.45) is 5.73 Å². The largest absolute Gasteiger partial charge is 0.455 e. The van der Waals surface area contributed by atoms with Crippen LogP contribution < -0.4 is 10.5 Å². The number of thiocarbonyl (C=S) groups is 1. The summed E-state index contributed by atoms with van der Waals surface area (Å²) in [6.07, 6.45) is 2.02. The molecular weight excluding hydrogens is 342 g/mol. The molecule has 0 aromatic heterocycles. The van der Waals surface area contributed by atoms with E-state index in [0.717, 1.165) is 26.4 Å².